The lowest BCUT2D eigenvalue weighted by atomic mass is 9.81. The molecule has 0 spiro atoms. The van der Waals surface area contributed by atoms with Gasteiger partial charge in [-0.25, -0.2) is 4.98 Å². The second-order valence-corrected chi connectivity index (χ2v) is 16.2. The number of nitrogens with one attached hydrogen (secondary N) is 2. The highest BCUT2D eigenvalue weighted by molar-refractivity contribution is 6.36. The number of hydrogen-bond donors (Lipinski definition) is 3. The predicted octanol–water partition coefficient (Wildman–Crippen LogP) is 8.12. The summed E-state index contributed by atoms with van der Waals surface area (Å²) in [5, 5.41) is 16.7. The maximum atomic E-state index is 13.4. The van der Waals surface area contributed by atoms with Crippen molar-refractivity contribution >= 4 is 40.5 Å². The zero-order valence-corrected chi connectivity index (χ0v) is 34.8. The molecule has 3 N–H and O–H groups in total. The minimum atomic E-state index is -0.653. The molecule has 11 nitrogen and oxygen atoms in total. The van der Waals surface area contributed by atoms with E-state index in [9.17, 15) is 14.7 Å². The van der Waals surface area contributed by atoms with Crippen LogP contribution >= 0.6 is 11.6 Å². The molecule has 0 radical (unpaired) electrons. The summed E-state index contributed by atoms with van der Waals surface area (Å²) < 4.78 is 8.15. The standard InChI is InChI=1S/C44H60ClN7O4/c1-7-11-36(43-48-37-27-52(24-21-39(37)50(43)5)26-30-16-18-31(19-17-30)44(54)55)46-34-14-9-12-32(41(34)45)33-13-10-15-35(42(33)56-6)47-40(53)28-49(4)38-20-23-51(22-8-2)25-29(38)3/h9-15,30-31,46H,7-8,16-28H2,1-6H3,(H,47,53)(H,54,55)/b36-11+. The van der Waals surface area contributed by atoms with E-state index < -0.39 is 5.97 Å². The molecule has 302 valence electrons. The molecule has 1 fully saturated rings. The molecular formula is C44H60ClN7O4. The van der Waals surface area contributed by atoms with Crippen LogP contribution in [0.25, 0.3) is 16.8 Å². The molecule has 3 aromatic rings. The SMILES string of the molecule is CC/C=C(/Nc1cccc(-c2cccc(NC(=O)CN(C)C3=C(C)CN(CCC)CC3)c2OC)c1Cl)c1nc2c(n1C)CCN(CC1CCC(C(=O)O)CC1)C2. The summed E-state index contributed by atoms with van der Waals surface area (Å²) in [4.78, 5) is 37.1. The number of aliphatic carboxylic acids is 1. The van der Waals surface area contributed by atoms with Gasteiger partial charge in [0.05, 0.1) is 47.4 Å². The minimum Gasteiger partial charge on any atom is -0.494 e. The topological polar surface area (TPSA) is 115 Å². The van der Waals surface area contributed by atoms with Gasteiger partial charge in [-0.05, 0) is 75.6 Å². The minimum absolute atomic E-state index is 0.112. The number of carboxylic acids is 1. The zero-order valence-electron chi connectivity index (χ0n) is 34.1. The van der Waals surface area contributed by atoms with Gasteiger partial charge in [-0.1, -0.05) is 55.8 Å². The number of carboxylic acid groups (broad SMARTS) is 1. The van der Waals surface area contributed by atoms with E-state index in [1.165, 1.54) is 17.0 Å². The number of anilines is 2. The Morgan fingerprint density at radius 1 is 1.00 bits per heavy atom. The molecule has 3 heterocycles. The summed E-state index contributed by atoms with van der Waals surface area (Å²) >= 11 is 7.23. The number of methoxy groups -OCH3 is 1. The maximum absolute atomic E-state index is 13.4. The number of nitrogens with zero attached hydrogens (tertiary/aromatic N) is 5. The Kier molecular flexibility index (Phi) is 13.8. The van der Waals surface area contributed by atoms with Crippen molar-refractivity contribution in [2.24, 2.45) is 18.9 Å². The summed E-state index contributed by atoms with van der Waals surface area (Å²) in [6, 6.07) is 11.6. The first-order valence-corrected chi connectivity index (χ1v) is 20.7. The van der Waals surface area contributed by atoms with Crippen molar-refractivity contribution in [3.05, 3.63) is 76.0 Å². The highest BCUT2D eigenvalue weighted by Gasteiger charge is 2.30. The molecule has 12 heteroatoms. The van der Waals surface area contributed by atoms with Crippen LogP contribution in [0.3, 0.4) is 0 Å². The first-order valence-electron chi connectivity index (χ1n) is 20.4. The van der Waals surface area contributed by atoms with E-state index in [4.69, 9.17) is 21.3 Å². The van der Waals surface area contributed by atoms with Gasteiger partial charge < -0.3 is 29.9 Å². The number of halogens is 1. The fourth-order valence-corrected chi connectivity index (χ4v) is 9.17. The van der Waals surface area contributed by atoms with Gasteiger partial charge in [0, 0.05) is 82.2 Å². The number of imidazole rings is 1. The number of allylic oxidation sites excluding steroid dienone is 1. The van der Waals surface area contributed by atoms with Crippen molar-refractivity contribution in [1.82, 2.24) is 24.3 Å². The van der Waals surface area contributed by atoms with Crippen molar-refractivity contribution in [3.8, 4) is 16.9 Å². The fraction of sp³-hybridized carbons (Fsp3) is 0.523. The molecule has 0 atom stereocenters. The van der Waals surface area contributed by atoms with Crippen LogP contribution in [-0.2, 0) is 29.6 Å². The van der Waals surface area contributed by atoms with Crippen molar-refractivity contribution in [2.75, 3.05) is 64.1 Å². The highest BCUT2D eigenvalue weighted by atomic mass is 35.5. The molecule has 0 bridgehead atoms. The van der Waals surface area contributed by atoms with Crippen LogP contribution in [0.2, 0.25) is 5.02 Å². The summed E-state index contributed by atoms with van der Waals surface area (Å²) in [5.41, 5.74) is 8.68. The molecule has 56 heavy (non-hydrogen) atoms. The number of likely N-dealkylation sites (N-methyl/N-ethyl adjacent to an activating group) is 1. The van der Waals surface area contributed by atoms with Gasteiger partial charge in [0.2, 0.25) is 5.91 Å². The lowest BCUT2D eigenvalue weighted by molar-refractivity contribution is -0.143. The number of ether oxygens (including phenoxy) is 1. The predicted molar refractivity (Wildman–Crippen MR) is 226 cm³/mol. The summed E-state index contributed by atoms with van der Waals surface area (Å²) in [6.07, 6.45) is 9.44. The average molecular weight is 786 g/mol. The monoisotopic (exact) mass is 785 g/mol. The second-order valence-electron chi connectivity index (χ2n) is 15.8. The Morgan fingerprint density at radius 2 is 1.71 bits per heavy atom. The van der Waals surface area contributed by atoms with E-state index in [0.717, 1.165) is 125 Å². The lowest BCUT2D eigenvalue weighted by Crippen LogP contribution is -2.37. The van der Waals surface area contributed by atoms with Gasteiger partial charge in [0.15, 0.2) is 5.82 Å². The van der Waals surface area contributed by atoms with Crippen molar-refractivity contribution in [3.63, 3.8) is 0 Å². The van der Waals surface area contributed by atoms with E-state index in [1.54, 1.807) is 7.11 Å². The third-order valence-electron chi connectivity index (χ3n) is 11.7. The number of fused-ring (bicyclic) bond motifs is 1. The van der Waals surface area contributed by atoms with Crippen molar-refractivity contribution in [1.29, 1.82) is 0 Å². The van der Waals surface area contributed by atoms with Gasteiger partial charge in [-0.2, -0.15) is 0 Å². The smallest absolute Gasteiger partial charge is 0.306 e. The molecule has 0 saturated heterocycles. The van der Waals surface area contributed by atoms with Crippen molar-refractivity contribution in [2.45, 2.75) is 78.7 Å². The summed E-state index contributed by atoms with van der Waals surface area (Å²) in [5.74, 6) is 0.994. The normalized spacial score (nSPS) is 19.4. The molecule has 1 amide bonds. The number of carbonyl (C=O) groups is 2. The van der Waals surface area contributed by atoms with E-state index in [-0.39, 0.29) is 18.4 Å². The summed E-state index contributed by atoms with van der Waals surface area (Å²) in [6.45, 7) is 12.5. The Morgan fingerprint density at radius 3 is 2.39 bits per heavy atom. The van der Waals surface area contributed by atoms with Crippen LogP contribution in [0.5, 0.6) is 5.75 Å². The number of benzene rings is 2. The Hall–Kier alpha value is -4.32. The first-order chi connectivity index (χ1) is 27.0. The number of carbonyl (C=O) groups excluding carboxylic acids is 1. The fourth-order valence-electron chi connectivity index (χ4n) is 8.90. The Balaban J connectivity index is 1.16. The average Bonchev–Trinajstić information content (AvgIpc) is 3.50. The van der Waals surface area contributed by atoms with Gasteiger partial charge in [-0.15, -0.1) is 0 Å². The first kappa shape index (κ1) is 41.3. The van der Waals surface area contributed by atoms with Crippen LogP contribution in [0, 0.1) is 11.8 Å². The maximum Gasteiger partial charge on any atom is 0.306 e. The zero-order chi connectivity index (χ0) is 39.9. The third kappa shape index (κ3) is 9.44. The van der Waals surface area contributed by atoms with E-state index in [2.05, 4.69) is 63.8 Å². The number of hydrogen-bond acceptors (Lipinski definition) is 8. The molecule has 0 unspecified atom stereocenters. The van der Waals surface area contributed by atoms with E-state index in [0.29, 0.717) is 22.4 Å². The molecular weight excluding hydrogens is 726 g/mol. The number of para-hydroxylation sites is 1. The van der Waals surface area contributed by atoms with Crippen LogP contribution in [0.15, 0.2) is 53.7 Å². The van der Waals surface area contributed by atoms with Crippen LogP contribution in [0.1, 0.15) is 82.9 Å². The molecule has 2 aromatic carbocycles. The molecule has 6 rings (SSSR count). The third-order valence-corrected chi connectivity index (χ3v) is 12.2. The molecule has 1 saturated carbocycles. The number of aromatic nitrogens is 2. The van der Waals surface area contributed by atoms with Crippen molar-refractivity contribution < 1.29 is 19.4 Å². The highest BCUT2D eigenvalue weighted by Crippen LogP contribution is 2.43. The number of amides is 1. The molecule has 2 aliphatic heterocycles. The Bertz CT molecular complexity index is 1950. The van der Waals surface area contributed by atoms with Crippen LogP contribution in [-0.4, -0.2) is 94.7 Å². The van der Waals surface area contributed by atoms with Crippen LogP contribution in [0.4, 0.5) is 11.4 Å². The van der Waals surface area contributed by atoms with Gasteiger partial charge in [0.25, 0.3) is 0 Å². The largest absolute Gasteiger partial charge is 0.494 e. The Labute approximate surface area is 337 Å². The summed E-state index contributed by atoms with van der Waals surface area (Å²) in [7, 11) is 5.70. The van der Waals surface area contributed by atoms with E-state index in [1.807, 2.05) is 43.4 Å². The van der Waals surface area contributed by atoms with E-state index >= 15 is 0 Å². The molecule has 1 aromatic heterocycles. The number of rotatable bonds is 15. The van der Waals surface area contributed by atoms with Gasteiger partial charge in [-0.3, -0.25) is 19.4 Å². The lowest BCUT2D eigenvalue weighted by Gasteiger charge is -2.33. The molecule has 3 aliphatic rings. The van der Waals surface area contributed by atoms with Gasteiger partial charge in [0.1, 0.15) is 5.75 Å². The van der Waals surface area contributed by atoms with Crippen LogP contribution < -0.4 is 15.4 Å². The van der Waals surface area contributed by atoms with Gasteiger partial charge >= 0.3 is 5.97 Å². The quantitative estimate of drug-likeness (QED) is 0.141. The molecule has 1 aliphatic carbocycles. The second kappa shape index (κ2) is 18.7.